The highest BCUT2D eigenvalue weighted by Gasteiger charge is 2.44. The van der Waals surface area contributed by atoms with Crippen LogP contribution in [0.1, 0.15) is 32.0 Å². The van der Waals surface area contributed by atoms with Crippen molar-refractivity contribution in [1.82, 2.24) is 19.8 Å². The monoisotopic (exact) mass is 520 g/mol. The lowest BCUT2D eigenvalue weighted by Crippen LogP contribution is -2.50. The van der Waals surface area contributed by atoms with Gasteiger partial charge in [0, 0.05) is 41.5 Å². The van der Waals surface area contributed by atoms with Gasteiger partial charge in [-0.05, 0) is 24.1 Å². The largest absolute Gasteiger partial charge is 0.503 e. The number of nitrogens with one attached hydrogen (secondary N) is 2. The number of para-hydroxylation sites is 1. The summed E-state index contributed by atoms with van der Waals surface area (Å²) in [4.78, 5) is 43.8. The molecule has 0 bridgehead atoms. The molecule has 0 radical (unpaired) electrons. The summed E-state index contributed by atoms with van der Waals surface area (Å²) < 4.78 is 34.3. The van der Waals surface area contributed by atoms with Gasteiger partial charge >= 0.3 is 0 Å². The van der Waals surface area contributed by atoms with Crippen LogP contribution in [0.15, 0.2) is 59.7 Å². The van der Waals surface area contributed by atoms with Crippen molar-refractivity contribution in [3.05, 3.63) is 99.1 Å². The van der Waals surface area contributed by atoms with Crippen molar-refractivity contribution in [2.45, 2.75) is 31.8 Å². The number of carbonyl (C=O) groups excluding carboxylic acids is 2. The average Bonchev–Trinajstić information content (AvgIpc) is 3.50. The van der Waals surface area contributed by atoms with E-state index in [4.69, 9.17) is 4.74 Å². The van der Waals surface area contributed by atoms with E-state index in [1.54, 1.807) is 0 Å². The summed E-state index contributed by atoms with van der Waals surface area (Å²) >= 11 is 0. The maximum atomic E-state index is 13.9. The summed E-state index contributed by atoms with van der Waals surface area (Å²) in [6.45, 7) is 0.0685. The third kappa shape index (κ3) is 3.91. The van der Waals surface area contributed by atoms with Crippen LogP contribution in [-0.4, -0.2) is 50.2 Å². The average molecular weight is 520 g/mol. The number of ether oxygens (including phenoxy) is 1. The number of benzene rings is 2. The number of halogens is 2. The third-order valence-corrected chi connectivity index (χ3v) is 7.06. The van der Waals surface area contributed by atoms with Gasteiger partial charge in [-0.1, -0.05) is 24.3 Å². The van der Waals surface area contributed by atoms with Crippen molar-refractivity contribution < 1.29 is 28.2 Å². The molecule has 2 aliphatic rings. The number of hydrogen-bond donors (Lipinski definition) is 3. The Hall–Kier alpha value is -4.51. The van der Waals surface area contributed by atoms with Gasteiger partial charge in [-0.2, -0.15) is 0 Å². The van der Waals surface area contributed by atoms with Crippen molar-refractivity contribution in [3.63, 3.8) is 0 Å². The maximum Gasteiger partial charge on any atom is 0.276 e. The number of pyridine rings is 1. The molecule has 6 rings (SSSR count). The lowest BCUT2D eigenvalue weighted by molar-refractivity contribution is 0.00576. The maximum absolute atomic E-state index is 13.9. The fourth-order valence-corrected chi connectivity index (χ4v) is 5.17. The fourth-order valence-electron chi connectivity index (χ4n) is 5.17. The fraction of sp³-hybridized carbons (Fsp3) is 0.222. The van der Waals surface area contributed by atoms with Gasteiger partial charge in [-0.3, -0.25) is 14.4 Å². The van der Waals surface area contributed by atoms with Crippen LogP contribution in [0.25, 0.3) is 10.9 Å². The number of H-pyrrole nitrogens is 1. The van der Waals surface area contributed by atoms with Crippen LogP contribution >= 0.6 is 0 Å². The van der Waals surface area contributed by atoms with E-state index in [0.717, 1.165) is 22.5 Å². The molecule has 1 unspecified atom stereocenters. The molecule has 1 saturated heterocycles. The molecule has 0 aliphatic carbocycles. The van der Waals surface area contributed by atoms with E-state index < -0.39 is 46.4 Å². The Labute approximate surface area is 214 Å². The number of carbonyl (C=O) groups is 2. The number of fused-ring (bicyclic) bond motifs is 3. The Morgan fingerprint density at radius 3 is 2.79 bits per heavy atom. The molecule has 3 N–H and O–H groups in total. The van der Waals surface area contributed by atoms with Crippen molar-refractivity contribution in [3.8, 4) is 5.75 Å². The summed E-state index contributed by atoms with van der Waals surface area (Å²) in [7, 11) is 0. The molecule has 2 aliphatic heterocycles. The van der Waals surface area contributed by atoms with Gasteiger partial charge in [0.15, 0.2) is 17.7 Å². The van der Waals surface area contributed by atoms with Gasteiger partial charge in [-0.25, -0.2) is 8.78 Å². The SMILES string of the molecule is O=C(NCc1ccc(F)cc1F)c1cn2c(c(O)c1=O)C(=O)N1C(Cc3c[nH]c4ccccc34)CO[C@@H]1C2. The Balaban J connectivity index is 1.25. The Kier molecular flexibility index (Phi) is 5.72. The molecule has 194 valence electrons. The first-order chi connectivity index (χ1) is 18.3. The summed E-state index contributed by atoms with van der Waals surface area (Å²) in [5.41, 5.74) is 0.358. The molecule has 4 aromatic rings. The Morgan fingerprint density at radius 2 is 1.97 bits per heavy atom. The number of amides is 2. The predicted molar refractivity (Wildman–Crippen MR) is 132 cm³/mol. The van der Waals surface area contributed by atoms with Gasteiger partial charge in [-0.15, -0.1) is 0 Å². The summed E-state index contributed by atoms with van der Waals surface area (Å²) in [5.74, 6) is -3.89. The third-order valence-electron chi connectivity index (χ3n) is 7.06. The van der Waals surface area contributed by atoms with E-state index in [9.17, 15) is 28.3 Å². The summed E-state index contributed by atoms with van der Waals surface area (Å²) in [6.07, 6.45) is 2.96. The van der Waals surface area contributed by atoms with Crippen LogP contribution in [0.4, 0.5) is 8.78 Å². The number of nitrogens with zero attached hydrogens (tertiary/aromatic N) is 2. The van der Waals surface area contributed by atoms with Crippen LogP contribution in [0.2, 0.25) is 0 Å². The second-order valence-electron chi connectivity index (χ2n) is 9.36. The van der Waals surface area contributed by atoms with Gasteiger partial charge in [0.2, 0.25) is 5.43 Å². The standard InChI is InChI=1S/C27H22F2N4O5/c28-16-6-5-14(20(29)8-16)9-31-26(36)19-11-32-12-22-33(27(37)23(32)25(35)24(19)34)17(13-38-22)7-15-10-30-21-4-2-1-3-18(15)21/h1-6,8,10-11,17,22,30,35H,7,9,12-13H2,(H,31,36)/t17?,22-/m1/s1. The second kappa shape index (κ2) is 9.10. The molecule has 0 saturated carbocycles. The molecule has 9 nitrogen and oxygen atoms in total. The second-order valence-corrected chi connectivity index (χ2v) is 9.36. The molecule has 11 heteroatoms. The molecular weight excluding hydrogens is 498 g/mol. The van der Waals surface area contributed by atoms with Crippen LogP contribution in [0.3, 0.4) is 0 Å². The van der Waals surface area contributed by atoms with E-state index in [2.05, 4.69) is 10.3 Å². The van der Waals surface area contributed by atoms with Gasteiger partial charge in [0.05, 0.1) is 19.2 Å². The lowest BCUT2D eigenvalue weighted by Gasteiger charge is -2.34. The van der Waals surface area contributed by atoms with Gasteiger partial charge in [0.1, 0.15) is 17.2 Å². The highest BCUT2D eigenvalue weighted by atomic mass is 19.1. The zero-order valence-electron chi connectivity index (χ0n) is 19.9. The van der Waals surface area contributed by atoms with E-state index in [0.29, 0.717) is 12.5 Å². The quantitative estimate of drug-likeness (QED) is 0.374. The normalized spacial score (nSPS) is 18.5. The smallest absolute Gasteiger partial charge is 0.276 e. The molecule has 1 fully saturated rings. The highest BCUT2D eigenvalue weighted by molar-refractivity contribution is 5.99. The minimum atomic E-state index is -1.02. The first-order valence-corrected chi connectivity index (χ1v) is 12.0. The summed E-state index contributed by atoms with van der Waals surface area (Å²) in [5, 5.41) is 14.1. The Bertz CT molecular complexity index is 1660. The van der Waals surface area contributed by atoms with E-state index in [1.165, 1.54) is 21.7 Å². The molecule has 2 amide bonds. The van der Waals surface area contributed by atoms with Crippen LogP contribution in [0.5, 0.6) is 5.75 Å². The zero-order valence-corrected chi connectivity index (χ0v) is 19.9. The van der Waals surface area contributed by atoms with Crippen molar-refractivity contribution in [2.24, 2.45) is 0 Å². The number of rotatable bonds is 5. The lowest BCUT2D eigenvalue weighted by atomic mass is 10.0. The number of aromatic hydroxyl groups is 1. The first-order valence-electron chi connectivity index (χ1n) is 12.0. The van der Waals surface area contributed by atoms with Crippen LogP contribution in [0, 0.1) is 11.6 Å². The molecule has 4 heterocycles. The molecule has 2 aromatic carbocycles. The molecule has 38 heavy (non-hydrogen) atoms. The van der Waals surface area contributed by atoms with Crippen molar-refractivity contribution in [2.75, 3.05) is 6.61 Å². The number of aromatic amines is 1. The minimum Gasteiger partial charge on any atom is -0.503 e. The van der Waals surface area contributed by atoms with Crippen LogP contribution in [-0.2, 0) is 24.2 Å². The summed E-state index contributed by atoms with van der Waals surface area (Å²) in [6, 6.07) is 10.4. The topological polar surface area (TPSA) is 117 Å². The number of hydrogen-bond acceptors (Lipinski definition) is 5. The van der Waals surface area contributed by atoms with Crippen molar-refractivity contribution >= 4 is 22.7 Å². The highest BCUT2D eigenvalue weighted by Crippen LogP contribution is 2.32. The van der Waals surface area contributed by atoms with Gasteiger partial charge in [0.25, 0.3) is 11.8 Å². The van der Waals surface area contributed by atoms with E-state index in [-0.39, 0.29) is 37.0 Å². The molecule has 2 aromatic heterocycles. The predicted octanol–water partition coefficient (Wildman–Crippen LogP) is 2.67. The zero-order chi connectivity index (χ0) is 26.6. The molecule has 0 spiro atoms. The Morgan fingerprint density at radius 1 is 1.16 bits per heavy atom. The molecular formula is C27H22F2N4O5. The molecule has 2 atom stereocenters. The van der Waals surface area contributed by atoms with Crippen LogP contribution < -0.4 is 10.7 Å². The minimum absolute atomic E-state index is 0.0217. The van der Waals surface area contributed by atoms with E-state index in [1.807, 2.05) is 30.5 Å². The van der Waals surface area contributed by atoms with Gasteiger partial charge < -0.3 is 29.6 Å². The first kappa shape index (κ1) is 23.9. The number of aromatic nitrogens is 2. The van der Waals surface area contributed by atoms with E-state index >= 15 is 0 Å². The van der Waals surface area contributed by atoms with Crippen molar-refractivity contribution in [1.29, 1.82) is 0 Å².